The zero-order valence-electron chi connectivity index (χ0n) is 16.4. The first-order valence-electron chi connectivity index (χ1n) is 9.02. The van der Waals surface area contributed by atoms with Crippen LogP contribution in [0.4, 0.5) is 0 Å². The number of carbonyl (C=O) groups excluding carboxylic acids is 2. The normalized spacial score (nSPS) is 10.6. The summed E-state index contributed by atoms with van der Waals surface area (Å²) >= 11 is 3.39. The standard InChI is InChI=1S/C23H19BrN2O4/c1-15-3-5-17(6-4-15)23(28)30-21-12-9-19(24)13-18(21)14-25-26-22(27)16-7-10-20(29-2)11-8-16/h3-14H,1-2H3,(H,26,27)/b25-14-. The number of hydrogen-bond donors (Lipinski definition) is 1. The highest BCUT2D eigenvalue weighted by molar-refractivity contribution is 9.10. The third-order valence-electron chi connectivity index (χ3n) is 4.18. The van der Waals surface area contributed by atoms with Crippen molar-refractivity contribution in [1.82, 2.24) is 5.43 Å². The molecule has 1 N–H and O–H groups in total. The molecule has 0 aliphatic carbocycles. The maximum absolute atomic E-state index is 12.4. The van der Waals surface area contributed by atoms with Gasteiger partial charge in [0.05, 0.1) is 18.9 Å². The minimum absolute atomic E-state index is 0.325. The van der Waals surface area contributed by atoms with E-state index in [2.05, 4.69) is 26.5 Å². The Balaban J connectivity index is 1.71. The lowest BCUT2D eigenvalue weighted by Gasteiger charge is -2.08. The van der Waals surface area contributed by atoms with Crippen LogP contribution in [0.15, 0.2) is 76.3 Å². The molecule has 0 saturated heterocycles. The second-order valence-corrected chi connectivity index (χ2v) is 7.28. The van der Waals surface area contributed by atoms with Crippen molar-refractivity contribution in [2.75, 3.05) is 7.11 Å². The third kappa shape index (κ3) is 5.55. The minimum atomic E-state index is -0.478. The lowest BCUT2D eigenvalue weighted by molar-refractivity contribution is 0.0734. The molecule has 6 nitrogen and oxygen atoms in total. The number of hydrogen-bond acceptors (Lipinski definition) is 5. The molecule has 7 heteroatoms. The van der Waals surface area contributed by atoms with Crippen molar-refractivity contribution in [3.8, 4) is 11.5 Å². The van der Waals surface area contributed by atoms with Gasteiger partial charge in [-0.05, 0) is 61.5 Å². The quantitative estimate of drug-likeness (QED) is 0.246. The van der Waals surface area contributed by atoms with Crippen molar-refractivity contribution < 1.29 is 19.1 Å². The van der Waals surface area contributed by atoms with Gasteiger partial charge in [-0.15, -0.1) is 0 Å². The minimum Gasteiger partial charge on any atom is -0.497 e. The molecular weight excluding hydrogens is 448 g/mol. The third-order valence-corrected chi connectivity index (χ3v) is 4.68. The van der Waals surface area contributed by atoms with Gasteiger partial charge in [-0.3, -0.25) is 4.79 Å². The van der Waals surface area contributed by atoms with Gasteiger partial charge in [0.2, 0.25) is 0 Å². The Morgan fingerprint density at radius 2 is 1.63 bits per heavy atom. The Bertz CT molecular complexity index is 1080. The van der Waals surface area contributed by atoms with Gasteiger partial charge in [-0.1, -0.05) is 33.6 Å². The summed E-state index contributed by atoms with van der Waals surface area (Å²) in [5, 5.41) is 3.99. The average Bonchev–Trinajstić information content (AvgIpc) is 2.76. The summed E-state index contributed by atoms with van der Waals surface area (Å²) in [5.74, 6) is 0.131. The van der Waals surface area contributed by atoms with Crippen LogP contribution in [-0.2, 0) is 0 Å². The van der Waals surface area contributed by atoms with Gasteiger partial charge in [0, 0.05) is 15.6 Å². The molecule has 0 aliphatic heterocycles. The predicted octanol–water partition coefficient (Wildman–Crippen LogP) is 4.75. The van der Waals surface area contributed by atoms with Crippen LogP contribution in [0, 0.1) is 6.92 Å². The number of amides is 1. The van der Waals surface area contributed by atoms with Crippen LogP contribution in [0.3, 0.4) is 0 Å². The van der Waals surface area contributed by atoms with Gasteiger partial charge < -0.3 is 9.47 Å². The van der Waals surface area contributed by atoms with Crippen LogP contribution in [0.2, 0.25) is 0 Å². The molecule has 30 heavy (non-hydrogen) atoms. The van der Waals surface area contributed by atoms with E-state index in [1.54, 1.807) is 61.7 Å². The Kier molecular flexibility index (Phi) is 6.98. The van der Waals surface area contributed by atoms with E-state index in [4.69, 9.17) is 9.47 Å². The Hall–Kier alpha value is -3.45. The van der Waals surface area contributed by atoms with Crippen molar-refractivity contribution in [3.05, 3.63) is 93.5 Å². The molecule has 0 unspecified atom stereocenters. The van der Waals surface area contributed by atoms with E-state index in [1.807, 2.05) is 19.1 Å². The number of aryl methyl sites for hydroxylation is 1. The number of nitrogens with one attached hydrogen (secondary N) is 1. The molecule has 0 aliphatic rings. The second-order valence-electron chi connectivity index (χ2n) is 6.37. The number of esters is 1. The molecule has 3 aromatic carbocycles. The van der Waals surface area contributed by atoms with Crippen LogP contribution in [-0.4, -0.2) is 25.2 Å². The summed E-state index contributed by atoms with van der Waals surface area (Å²) in [7, 11) is 1.56. The highest BCUT2D eigenvalue weighted by atomic mass is 79.9. The molecule has 3 rings (SSSR count). The SMILES string of the molecule is COc1ccc(C(=O)N/N=C\c2cc(Br)ccc2OC(=O)c2ccc(C)cc2)cc1. The first kappa shape index (κ1) is 21.3. The molecule has 0 spiro atoms. The second kappa shape index (κ2) is 9.84. The van der Waals surface area contributed by atoms with Gasteiger partial charge in [-0.25, -0.2) is 10.2 Å². The van der Waals surface area contributed by atoms with Crippen LogP contribution < -0.4 is 14.9 Å². The summed E-state index contributed by atoms with van der Waals surface area (Å²) in [6.45, 7) is 1.94. The fraction of sp³-hybridized carbons (Fsp3) is 0.0870. The highest BCUT2D eigenvalue weighted by Crippen LogP contribution is 2.23. The summed E-state index contributed by atoms with van der Waals surface area (Å²) in [5.41, 5.74) is 4.92. The summed E-state index contributed by atoms with van der Waals surface area (Å²) in [6.07, 6.45) is 1.42. The average molecular weight is 467 g/mol. The molecule has 0 radical (unpaired) electrons. The molecular formula is C23H19BrN2O4. The zero-order chi connectivity index (χ0) is 21.5. The van der Waals surface area contributed by atoms with Crippen molar-refractivity contribution in [2.24, 2.45) is 5.10 Å². The lowest BCUT2D eigenvalue weighted by atomic mass is 10.1. The topological polar surface area (TPSA) is 77.0 Å². The Labute approximate surface area is 182 Å². The van der Waals surface area contributed by atoms with Crippen molar-refractivity contribution >= 4 is 34.0 Å². The fourth-order valence-electron chi connectivity index (χ4n) is 2.53. The Morgan fingerprint density at radius 1 is 0.967 bits per heavy atom. The highest BCUT2D eigenvalue weighted by Gasteiger charge is 2.12. The molecule has 152 valence electrons. The van der Waals surface area contributed by atoms with Crippen LogP contribution >= 0.6 is 15.9 Å². The molecule has 1 amide bonds. The van der Waals surface area contributed by atoms with Crippen LogP contribution in [0.5, 0.6) is 11.5 Å². The molecule has 0 heterocycles. The first-order valence-corrected chi connectivity index (χ1v) is 9.81. The largest absolute Gasteiger partial charge is 0.497 e. The van der Waals surface area contributed by atoms with Gasteiger partial charge in [0.15, 0.2) is 0 Å². The Morgan fingerprint density at radius 3 is 2.30 bits per heavy atom. The van der Waals surface area contributed by atoms with Gasteiger partial charge in [-0.2, -0.15) is 5.10 Å². The van der Waals surface area contributed by atoms with Gasteiger partial charge >= 0.3 is 5.97 Å². The van der Waals surface area contributed by atoms with Crippen molar-refractivity contribution in [1.29, 1.82) is 0 Å². The van der Waals surface area contributed by atoms with E-state index in [0.717, 1.165) is 10.0 Å². The number of methoxy groups -OCH3 is 1. The lowest BCUT2D eigenvalue weighted by Crippen LogP contribution is -2.17. The number of nitrogens with zero attached hydrogens (tertiary/aromatic N) is 1. The zero-order valence-corrected chi connectivity index (χ0v) is 18.0. The number of ether oxygens (including phenoxy) is 2. The maximum Gasteiger partial charge on any atom is 0.343 e. The van der Waals surface area contributed by atoms with Crippen LogP contribution in [0.25, 0.3) is 0 Å². The molecule has 3 aromatic rings. The van der Waals surface area contributed by atoms with Crippen molar-refractivity contribution in [2.45, 2.75) is 6.92 Å². The van der Waals surface area contributed by atoms with E-state index < -0.39 is 5.97 Å². The van der Waals surface area contributed by atoms with E-state index in [9.17, 15) is 9.59 Å². The number of halogens is 1. The van der Waals surface area contributed by atoms with Gasteiger partial charge in [0.1, 0.15) is 11.5 Å². The van der Waals surface area contributed by atoms with Crippen LogP contribution in [0.1, 0.15) is 31.8 Å². The number of hydrazone groups is 1. The summed E-state index contributed by atoms with van der Waals surface area (Å²) in [4.78, 5) is 24.6. The summed E-state index contributed by atoms with van der Waals surface area (Å²) < 4.78 is 11.4. The summed E-state index contributed by atoms with van der Waals surface area (Å²) in [6, 6.07) is 18.9. The van der Waals surface area contributed by atoms with E-state index >= 15 is 0 Å². The number of rotatable bonds is 6. The van der Waals surface area contributed by atoms with Crippen molar-refractivity contribution in [3.63, 3.8) is 0 Å². The van der Waals surface area contributed by atoms with E-state index in [-0.39, 0.29) is 5.91 Å². The van der Waals surface area contributed by atoms with Gasteiger partial charge in [0.25, 0.3) is 5.91 Å². The fourth-order valence-corrected chi connectivity index (χ4v) is 2.91. The molecule has 0 fully saturated rings. The number of benzene rings is 3. The molecule has 0 bridgehead atoms. The molecule has 0 aromatic heterocycles. The first-order chi connectivity index (χ1) is 14.5. The number of carbonyl (C=O) groups is 2. The predicted molar refractivity (Wildman–Crippen MR) is 118 cm³/mol. The van der Waals surface area contributed by atoms with E-state index in [1.165, 1.54) is 6.21 Å². The van der Waals surface area contributed by atoms with E-state index in [0.29, 0.717) is 28.2 Å². The monoisotopic (exact) mass is 466 g/mol. The molecule has 0 saturated carbocycles. The maximum atomic E-state index is 12.4. The molecule has 0 atom stereocenters. The smallest absolute Gasteiger partial charge is 0.343 e.